The molecule has 1 aliphatic heterocycles. The molecule has 3 aromatic heterocycles. The molecule has 1 aliphatic rings. The Morgan fingerprint density at radius 2 is 1.97 bits per heavy atom. The van der Waals surface area contributed by atoms with E-state index in [2.05, 4.69) is 44.0 Å². The van der Waals surface area contributed by atoms with Crippen LogP contribution in [0.5, 0.6) is 0 Å². The second-order valence-corrected chi connectivity index (χ2v) is 8.76. The van der Waals surface area contributed by atoms with Gasteiger partial charge < -0.3 is 20.9 Å². The third-order valence-corrected chi connectivity index (χ3v) is 6.55. The lowest BCUT2D eigenvalue weighted by Crippen LogP contribution is -2.34. The lowest BCUT2D eigenvalue weighted by Gasteiger charge is -2.17. The fourth-order valence-corrected chi connectivity index (χ4v) is 4.44. The molecule has 0 aromatic carbocycles. The smallest absolute Gasteiger partial charge is 0.260 e. The van der Waals surface area contributed by atoms with E-state index >= 15 is 0 Å². The number of aromatic amines is 1. The van der Waals surface area contributed by atoms with Crippen LogP contribution in [0.1, 0.15) is 46.6 Å². The van der Waals surface area contributed by atoms with Crippen molar-refractivity contribution in [3.63, 3.8) is 0 Å². The van der Waals surface area contributed by atoms with E-state index in [1.807, 2.05) is 19.1 Å². The first-order valence-electron chi connectivity index (χ1n) is 11.8. The number of nitrogens with zero attached hydrogens (tertiary/aromatic N) is 5. The number of nitrogens with two attached hydrogens (primary N) is 1. The molecule has 0 atom stereocenters. The predicted molar refractivity (Wildman–Crippen MR) is 140 cm³/mol. The summed E-state index contributed by atoms with van der Waals surface area (Å²) in [4.78, 5) is 45.6. The van der Waals surface area contributed by atoms with Gasteiger partial charge in [0, 0.05) is 37.4 Å². The van der Waals surface area contributed by atoms with Gasteiger partial charge in [-0.2, -0.15) is 4.98 Å². The van der Waals surface area contributed by atoms with Gasteiger partial charge in [-0.05, 0) is 49.3 Å². The maximum atomic E-state index is 13.5. The Balaban J connectivity index is 1.62. The lowest BCUT2D eigenvalue weighted by molar-refractivity contribution is -0.113. The minimum Gasteiger partial charge on any atom is -0.368 e. The van der Waals surface area contributed by atoms with E-state index in [4.69, 9.17) is 17.3 Å². The Morgan fingerprint density at radius 3 is 2.67 bits per heavy atom. The normalized spacial score (nSPS) is 14.1. The second-order valence-electron chi connectivity index (χ2n) is 8.40. The quantitative estimate of drug-likeness (QED) is 0.299. The van der Waals surface area contributed by atoms with Crippen molar-refractivity contribution in [2.45, 2.75) is 27.3 Å². The van der Waals surface area contributed by atoms with Crippen LogP contribution in [0.25, 0.3) is 11.6 Å². The number of anilines is 2. The molecule has 0 unspecified atom stereocenters. The number of fused-ring (bicyclic) bond motifs is 1. The van der Waals surface area contributed by atoms with Crippen molar-refractivity contribution < 1.29 is 9.59 Å². The number of carbonyl (C=O) groups is 2. The summed E-state index contributed by atoms with van der Waals surface area (Å²) >= 11 is 6.43. The van der Waals surface area contributed by atoms with E-state index in [1.165, 1.54) is 4.90 Å². The van der Waals surface area contributed by atoms with E-state index < -0.39 is 0 Å². The van der Waals surface area contributed by atoms with Gasteiger partial charge in [-0.1, -0.05) is 25.4 Å². The van der Waals surface area contributed by atoms with Crippen LogP contribution in [0.4, 0.5) is 11.8 Å². The molecule has 0 saturated heterocycles. The fourth-order valence-electron chi connectivity index (χ4n) is 4.17. The van der Waals surface area contributed by atoms with Crippen LogP contribution in [0.3, 0.4) is 0 Å². The average Bonchev–Trinajstić information content (AvgIpc) is 3.35. The molecule has 36 heavy (non-hydrogen) atoms. The van der Waals surface area contributed by atoms with Crippen LogP contribution >= 0.6 is 11.6 Å². The van der Waals surface area contributed by atoms with Crippen LogP contribution < -0.4 is 16.0 Å². The number of carbonyl (C=O) groups excluding carboxylic acids is 2. The molecule has 4 rings (SSSR count). The molecule has 188 valence electrons. The number of aromatic nitrogens is 4. The minimum absolute atomic E-state index is 0.0211. The second kappa shape index (κ2) is 10.9. The largest absolute Gasteiger partial charge is 0.368 e. The molecular weight excluding hydrogens is 480 g/mol. The zero-order valence-electron chi connectivity index (χ0n) is 20.5. The molecule has 3 aromatic rings. The predicted octanol–water partition coefficient (Wildman–Crippen LogP) is 2.90. The van der Waals surface area contributed by atoms with Crippen LogP contribution in [-0.4, -0.2) is 62.8 Å². The maximum Gasteiger partial charge on any atom is 0.260 e. The van der Waals surface area contributed by atoms with Crippen molar-refractivity contribution in [1.82, 2.24) is 30.2 Å². The average molecular weight is 509 g/mol. The summed E-state index contributed by atoms with van der Waals surface area (Å²) < 4.78 is 0. The Bertz CT molecular complexity index is 1300. The summed E-state index contributed by atoms with van der Waals surface area (Å²) in [5, 5.41) is 3.05. The Morgan fingerprint density at radius 1 is 1.25 bits per heavy atom. The van der Waals surface area contributed by atoms with Gasteiger partial charge >= 0.3 is 0 Å². The number of hydrogen-bond donors (Lipinski definition) is 3. The Hall–Kier alpha value is -3.76. The maximum absolute atomic E-state index is 13.5. The van der Waals surface area contributed by atoms with Crippen LogP contribution in [0.15, 0.2) is 30.7 Å². The van der Waals surface area contributed by atoms with Crippen LogP contribution in [0.2, 0.25) is 5.15 Å². The molecule has 0 radical (unpaired) electrons. The summed E-state index contributed by atoms with van der Waals surface area (Å²) in [5.74, 6) is -0.138. The van der Waals surface area contributed by atoms with E-state index in [-0.39, 0.29) is 29.5 Å². The number of hydrogen-bond acceptors (Lipinski definition) is 7. The highest BCUT2D eigenvalue weighted by molar-refractivity contribution is 6.41. The van der Waals surface area contributed by atoms with Crippen molar-refractivity contribution in [1.29, 1.82) is 0 Å². The minimum atomic E-state index is -0.289. The highest BCUT2D eigenvalue weighted by Crippen LogP contribution is 2.41. The van der Waals surface area contributed by atoms with Crippen LogP contribution in [-0.2, 0) is 11.3 Å². The summed E-state index contributed by atoms with van der Waals surface area (Å²) in [7, 11) is 0. The molecule has 0 aliphatic carbocycles. The molecule has 0 saturated carbocycles. The summed E-state index contributed by atoms with van der Waals surface area (Å²) in [6.07, 6.45) is 6.64. The first kappa shape index (κ1) is 25.3. The first-order chi connectivity index (χ1) is 17.3. The molecule has 0 bridgehead atoms. The van der Waals surface area contributed by atoms with Crippen molar-refractivity contribution >= 4 is 46.8 Å². The van der Waals surface area contributed by atoms with Gasteiger partial charge in [0.1, 0.15) is 5.15 Å². The lowest BCUT2D eigenvalue weighted by atomic mass is 10.1. The molecule has 10 nitrogen and oxygen atoms in total. The van der Waals surface area contributed by atoms with Gasteiger partial charge in [-0.15, -0.1) is 0 Å². The Labute approximate surface area is 214 Å². The van der Waals surface area contributed by atoms with Gasteiger partial charge in [0.25, 0.3) is 11.8 Å². The third kappa shape index (κ3) is 5.09. The number of likely N-dealkylation sites (N-methyl/N-ethyl adjacent to an activating group) is 1. The molecule has 0 fully saturated rings. The van der Waals surface area contributed by atoms with Crippen molar-refractivity contribution in [3.05, 3.63) is 63.8 Å². The zero-order chi connectivity index (χ0) is 25.8. The highest BCUT2D eigenvalue weighted by atomic mass is 35.5. The molecule has 4 heterocycles. The SMILES string of the molecule is CCN(CC)CCNC(=O)c1c[nH]c(/C=C2\C(=O)N(Cc3ccncc3)c3nc(N)nc(Cl)c32)c1C. The molecule has 0 spiro atoms. The van der Waals surface area contributed by atoms with Gasteiger partial charge in [-0.3, -0.25) is 19.5 Å². The fraction of sp³-hybridized carbons (Fsp3) is 0.320. The van der Waals surface area contributed by atoms with Crippen molar-refractivity contribution in [2.75, 3.05) is 36.8 Å². The molecule has 11 heteroatoms. The zero-order valence-corrected chi connectivity index (χ0v) is 21.3. The number of amides is 2. The summed E-state index contributed by atoms with van der Waals surface area (Å²) in [5.41, 5.74) is 9.30. The molecular formula is C25H29ClN8O2. The van der Waals surface area contributed by atoms with Gasteiger partial charge in [0.05, 0.1) is 23.2 Å². The monoisotopic (exact) mass is 508 g/mol. The van der Waals surface area contributed by atoms with Gasteiger partial charge in [0.2, 0.25) is 5.95 Å². The van der Waals surface area contributed by atoms with Crippen molar-refractivity contribution in [2.24, 2.45) is 0 Å². The number of halogens is 1. The van der Waals surface area contributed by atoms with Crippen molar-refractivity contribution in [3.8, 4) is 0 Å². The first-order valence-corrected chi connectivity index (χ1v) is 12.2. The van der Waals surface area contributed by atoms with E-state index in [0.717, 1.165) is 30.8 Å². The third-order valence-electron chi connectivity index (χ3n) is 6.28. The number of H-pyrrole nitrogens is 1. The van der Waals surface area contributed by atoms with E-state index in [0.29, 0.717) is 34.8 Å². The number of rotatable bonds is 9. The number of nitrogen functional groups attached to an aromatic ring is 1. The number of pyridine rings is 1. The Kier molecular flexibility index (Phi) is 7.66. The van der Waals surface area contributed by atoms with Gasteiger partial charge in [0.15, 0.2) is 5.82 Å². The van der Waals surface area contributed by atoms with E-state index in [9.17, 15) is 9.59 Å². The summed E-state index contributed by atoms with van der Waals surface area (Å²) in [6.45, 7) is 9.46. The summed E-state index contributed by atoms with van der Waals surface area (Å²) in [6, 6.07) is 3.64. The highest BCUT2D eigenvalue weighted by Gasteiger charge is 2.37. The standard InChI is InChI=1S/C25H29ClN8O2/c1-4-33(5-2)11-10-29-23(35)18-13-30-19(15(18)3)12-17-20-21(26)31-25(27)32-22(20)34(24(17)36)14-16-6-8-28-9-7-16/h6-9,12-13,30H,4-5,10-11,14H2,1-3H3,(H,29,35)(H2,27,31,32)/b17-12-. The van der Waals surface area contributed by atoms with Crippen LogP contribution in [0, 0.1) is 6.92 Å². The number of nitrogens with one attached hydrogen (secondary N) is 2. The van der Waals surface area contributed by atoms with Gasteiger partial charge in [-0.25, -0.2) is 4.98 Å². The van der Waals surface area contributed by atoms with E-state index in [1.54, 1.807) is 24.7 Å². The molecule has 2 amide bonds. The topological polar surface area (TPSA) is 133 Å². The molecule has 4 N–H and O–H groups in total.